The van der Waals surface area contributed by atoms with Crippen LogP contribution >= 0.6 is 0 Å². The van der Waals surface area contributed by atoms with Crippen molar-refractivity contribution in [2.24, 2.45) is 0 Å². The van der Waals surface area contributed by atoms with Crippen molar-refractivity contribution in [3.63, 3.8) is 0 Å². The van der Waals surface area contributed by atoms with E-state index in [1.165, 1.54) is 0 Å². The molecule has 0 aromatic heterocycles. The van der Waals surface area contributed by atoms with Crippen LogP contribution in [-0.4, -0.2) is 63.6 Å². The molecule has 118 valence electrons. The molecule has 0 radical (unpaired) electrons. The second-order valence-electron chi connectivity index (χ2n) is 5.36. The Kier molecular flexibility index (Phi) is 6.98. The molecule has 0 aliphatic carbocycles. The lowest BCUT2D eigenvalue weighted by molar-refractivity contribution is -0.116. The predicted octanol–water partition coefficient (Wildman–Crippen LogP) is 1.10. The van der Waals surface area contributed by atoms with Crippen molar-refractivity contribution in [3.8, 4) is 5.75 Å². The highest BCUT2D eigenvalue weighted by Crippen LogP contribution is 2.26. The first-order chi connectivity index (χ1) is 9.92. The molecule has 0 aliphatic rings. The van der Waals surface area contributed by atoms with Gasteiger partial charge in [0.25, 0.3) is 0 Å². The number of nitrogen functional groups attached to an aromatic ring is 1. The number of ether oxygens (including phenoxy) is 1. The van der Waals surface area contributed by atoms with Crippen molar-refractivity contribution in [1.29, 1.82) is 0 Å². The van der Waals surface area contributed by atoms with Gasteiger partial charge in [0.1, 0.15) is 5.75 Å². The Hall–Kier alpha value is -1.79. The average molecular weight is 294 g/mol. The molecule has 21 heavy (non-hydrogen) atoms. The summed E-state index contributed by atoms with van der Waals surface area (Å²) >= 11 is 0. The molecular formula is C15H26N4O2. The summed E-state index contributed by atoms with van der Waals surface area (Å²) in [6.07, 6.45) is 0.432. The number of methoxy groups -OCH3 is 1. The van der Waals surface area contributed by atoms with Gasteiger partial charge in [0, 0.05) is 31.7 Å². The van der Waals surface area contributed by atoms with Crippen LogP contribution in [0.2, 0.25) is 0 Å². The molecule has 0 fully saturated rings. The van der Waals surface area contributed by atoms with E-state index in [0.29, 0.717) is 30.1 Å². The highest BCUT2D eigenvalue weighted by molar-refractivity contribution is 5.93. The molecule has 0 heterocycles. The summed E-state index contributed by atoms with van der Waals surface area (Å²) in [5.41, 5.74) is 6.93. The fraction of sp³-hybridized carbons (Fsp3) is 0.533. The second-order valence-corrected chi connectivity index (χ2v) is 5.36. The van der Waals surface area contributed by atoms with Crippen LogP contribution in [-0.2, 0) is 4.79 Å². The van der Waals surface area contributed by atoms with E-state index in [0.717, 1.165) is 13.1 Å². The van der Waals surface area contributed by atoms with E-state index in [9.17, 15) is 4.79 Å². The third-order valence-corrected chi connectivity index (χ3v) is 3.15. The lowest BCUT2D eigenvalue weighted by Crippen LogP contribution is -2.31. The topological polar surface area (TPSA) is 70.8 Å². The van der Waals surface area contributed by atoms with Gasteiger partial charge in [-0.2, -0.15) is 0 Å². The molecule has 3 N–H and O–H groups in total. The molecular weight excluding hydrogens is 268 g/mol. The van der Waals surface area contributed by atoms with Crippen LogP contribution in [0, 0.1) is 0 Å². The summed E-state index contributed by atoms with van der Waals surface area (Å²) in [5, 5.41) is 2.84. The first kappa shape index (κ1) is 17.3. The molecule has 0 bridgehead atoms. The van der Waals surface area contributed by atoms with E-state index in [1.54, 1.807) is 25.3 Å². The van der Waals surface area contributed by atoms with Gasteiger partial charge in [-0.15, -0.1) is 0 Å². The van der Waals surface area contributed by atoms with Gasteiger partial charge in [-0.1, -0.05) is 0 Å². The molecule has 1 amide bonds. The van der Waals surface area contributed by atoms with Gasteiger partial charge in [0.2, 0.25) is 5.91 Å². The average Bonchev–Trinajstić information content (AvgIpc) is 2.43. The lowest BCUT2D eigenvalue weighted by atomic mass is 10.2. The Morgan fingerprint density at radius 2 is 1.95 bits per heavy atom. The molecule has 0 atom stereocenters. The molecule has 6 heteroatoms. The quantitative estimate of drug-likeness (QED) is 0.703. The molecule has 0 saturated heterocycles. The van der Waals surface area contributed by atoms with Crippen LogP contribution in [0.25, 0.3) is 0 Å². The van der Waals surface area contributed by atoms with E-state index >= 15 is 0 Å². The van der Waals surface area contributed by atoms with Crippen LogP contribution in [0.3, 0.4) is 0 Å². The van der Waals surface area contributed by atoms with Crippen molar-refractivity contribution in [3.05, 3.63) is 18.2 Å². The van der Waals surface area contributed by atoms with Gasteiger partial charge in [0.05, 0.1) is 12.8 Å². The number of likely N-dealkylation sites (N-methyl/N-ethyl adjacent to an activating group) is 2. The van der Waals surface area contributed by atoms with Gasteiger partial charge in [-0.25, -0.2) is 0 Å². The molecule has 0 saturated carbocycles. The largest absolute Gasteiger partial charge is 0.495 e. The van der Waals surface area contributed by atoms with E-state index in [-0.39, 0.29) is 5.91 Å². The van der Waals surface area contributed by atoms with Crippen LogP contribution in [0.5, 0.6) is 5.75 Å². The Morgan fingerprint density at radius 3 is 2.57 bits per heavy atom. The minimum absolute atomic E-state index is 0.0457. The van der Waals surface area contributed by atoms with Crippen LogP contribution in [0.15, 0.2) is 18.2 Å². The minimum Gasteiger partial charge on any atom is -0.495 e. The third kappa shape index (κ3) is 6.46. The molecule has 0 unspecified atom stereocenters. The van der Waals surface area contributed by atoms with Crippen molar-refractivity contribution in [1.82, 2.24) is 9.80 Å². The molecule has 6 nitrogen and oxygen atoms in total. The number of hydrogen-bond acceptors (Lipinski definition) is 5. The van der Waals surface area contributed by atoms with Crippen molar-refractivity contribution in [2.45, 2.75) is 6.42 Å². The van der Waals surface area contributed by atoms with Crippen molar-refractivity contribution >= 4 is 17.3 Å². The minimum atomic E-state index is -0.0457. The summed E-state index contributed by atoms with van der Waals surface area (Å²) in [6.45, 7) is 2.62. The Bertz CT molecular complexity index is 463. The Morgan fingerprint density at radius 1 is 1.24 bits per heavy atom. The van der Waals surface area contributed by atoms with Gasteiger partial charge in [-0.3, -0.25) is 4.79 Å². The van der Waals surface area contributed by atoms with Gasteiger partial charge < -0.3 is 25.6 Å². The number of carbonyl (C=O) groups excluding carboxylic acids is 1. The number of amides is 1. The van der Waals surface area contributed by atoms with Crippen LogP contribution in [0.4, 0.5) is 11.4 Å². The number of nitrogens with zero attached hydrogens (tertiary/aromatic N) is 2. The van der Waals surface area contributed by atoms with Gasteiger partial charge in [0.15, 0.2) is 0 Å². The monoisotopic (exact) mass is 294 g/mol. The first-order valence-electron chi connectivity index (χ1n) is 6.99. The van der Waals surface area contributed by atoms with Crippen molar-refractivity contribution < 1.29 is 9.53 Å². The number of anilines is 2. The second kappa shape index (κ2) is 8.49. The molecule has 1 aromatic carbocycles. The summed E-state index contributed by atoms with van der Waals surface area (Å²) in [7, 11) is 7.65. The smallest absolute Gasteiger partial charge is 0.225 e. The zero-order valence-corrected chi connectivity index (χ0v) is 13.3. The maximum absolute atomic E-state index is 12.0. The third-order valence-electron chi connectivity index (χ3n) is 3.15. The highest BCUT2D eigenvalue weighted by atomic mass is 16.5. The number of nitrogens with two attached hydrogens (primary N) is 1. The highest BCUT2D eigenvalue weighted by Gasteiger charge is 2.09. The Balaban J connectivity index is 2.45. The van der Waals surface area contributed by atoms with E-state index in [2.05, 4.69) is 15.1 Å². The molecule has 1 rings (SSSR count). The molecule has 1 aromatic rings. The summed E-state index contributed by atoms with van der Waals surface area (Å²) < 4.78 is 5.21. The number of nitrogens with one attached hydrogen (secondary N) is 1. The number of rotatable bonds is 8. The summed E-state index contributed by atoms with van der Waals surface area (Å²) in [5.74, 6) is 0.564. The fourth-order valence-corrected chi connectivity index (χ4v) is 1.81. The lowest BCUT2D eigenvalue weighted by Gasteiger charge is -2.19. The summed E-state index contributed by atoms with van der Waals surface area (Å²) in [6, 6.07) is 5.18. The first-order valence-corrected chi connectivity index (χ1v) is 6.99. The Labute approximate surface area is 126 Å². The van der Waals surface area contributed by atoms with E-state index in [4.69, 9.17) is 10.5 Å². The zero-order valence-electron chi connectivity index (χ0n) is 13.3. The van der Waals surface area contributed by atoms with Crippen LogP contribution < -0.4 is 15.8 Å². The van der Waals surface area contributed by atoms with Crippen LogP contribution in [0.1, 0.15) is 6.42 Å². The predicted molar refractivity (Wildman–Crippen MR) is 86.7 cm³/mol. The normalized spacial score (nSPS) is 11.0. The van der Waals surface area contributed by atoms with E-state index < -0.39 is 0 Å². The zero-order chi connectivity index (χ0) is 15.8. The van der Waals surface area contributed by atoms with Gasteiger partial charge >= 0.3 is 0 Å². The SMILES string of the molecule is COc1ccc(N)cc1NC(=O)CCN(C)CCN(C)C. The summed E-state index contributed by atoms with van der Waals surface area (Å²) in [4.78, 5) is 16.2. The molecule has 0 aliphatic heterocycles. The maximum Gasteiger partial charge on any atom is 0.225 e. The van der Waals surface area contributed by atoms with E-state index in [1.807, 2.05) is 21.1 Å². The number of hydrogen-bond donors (Lipinski definition) is 2. The number of carbonyl (C=O) groups is 1. The van der Waals surface area contributed by atoms with Crippen molar-refractivity contribution in [2.75, 3.05) is 58.9 Å². The standard InChI is InChI=1S/C15H26N4O2/c1-18(2)9-10-19(3)8-7-15(20)17-13-11-12(16)5-6-14(13)21-4/h5-6,11H,7-10,16H2,1-4H3,(H,17,20). The maximum atomic E-state index is 12.0. The number of benzene rings is 1. The molecule has 0 spiro atoms. The fourth-order valence-electron chi connectivity index (χ4n) is 1.81. The van der Waals surface area contributed by atoms with Gasteiger partial charge in [-0.05, 0) is 39.3 Å².